The molecule has 1 fully saturated rings. The van der Waals surface area contributed by atoms with Crippen LogP contribution in [-0.2, 0) is 4.74 Å². The maximum atomic E-state index is 9.61. The van der Waals surface area contributed by atoms with E-state index in [0.29, 0.717) is 6.42 Å². The summed E-state index contributed by atoms with van der Waals surface area (Å²) in [7, 11) is 0. The van der Waals surface area contributed by atoms with Crippen molar-refractivity contribution in [1.29, 1.82) is 0 Å². The highest BCUT2D eigenvalue weighted by atomic mass is 16.6. The summed E-state index contributed by atoms with van der Waals surface area (Å²) in [5, 5.41) is 18.3. The summed E-state index contributed by atoms with van der Waals surface area (Å²) in [5.74, 6) is 0. The summed E-state index contributed by atoms with van der Waals surface area (Å²) in [6.45, 7) is 2.01. The third-order valence-corrected chi connectivity index (χ3v) is 2.48. The second kappa shape index (κ2) is 6.77. The lowest BCUT2D eigenvalue weighted by Gasteiger charge is -2.04. The van der Waals surface area contributed by atoms with Gasteiger partial charge in [-0.3, -0.25) is 0 Å². The number of ether oxygens (including phenoxy) is 1. The Kier molecular flexibility index (Phi) is 5.61. The Labute approximate surface area is 91.1 Å². The number of allylic oxidation sites excluding steroid dienone is 4. The Morgan fingerprint density at radius 1 is 1.33 bits per heavy atom. The molecule has 3 atom stereocenters. The molecule has 3 nitrogen and oxygen atoms in total. The zero-order chi connectivity index (χ0) is 11.1. The van der Waals surface area contributed by atoms with Gasteiger partial charge in [-0.2, -0.15) is 0 Å². The van der Waals surface area contributed by atoms with Crippen LogP contribution < -0.4 is 0 Å². The van der Waals surface area contributed by atoms with Gasteiger partial charge in [0.1, 0.15) is 12.2 Å². The summed E-state index contributed by atoms with van der Waals surface area (Å²) in [4.78, 5) is 0. The molecule has 0 spiro atoms. The maximum absolute atomic E-state index is 9.61. The topological polar surface area (TPSA) is 53.0 Å². The number of aliphatic hydroxyl groups excluding tert-OH is 2. The van der Waals surface area contributed by atoms with E-state index in [2.05, 4.69) is 18.2 Å². The zero-order valence-electron chi connectivity index (χ0n) is 9.17. The van der Waals surface area contributed by atoms with E-state index in [1.165, 1.54) is 0 Å². The van der Waals surface area contributed by atoms with Gasteiger partial charge in [0, 0.05) is 0 Å². The standard InChI is InChI=1S/C12H20O3/c1-2-3-4-5-6-7-8-10(14)12-11(9-13)15-12/h2-3,5-6,10-14H,4,7-9H2,1H3/b3-2+,6-5+/t10-,11-,12+/m0/s1. The molecule has 2 N–H and O–H groups in total. The molecule has 15 heavy (non-hydrogen) atoms. The quantitative estimate of drug-likeness (QED) is 0.495. The van der Waals surface area contributed by atoms with Crippen molar-refractivity contribution in [2.75, 3.05) is 6.61 Å². The van der Waals surface area contributed by atoms with Crippen LogP contribution in [0.25, 0.3) is 0 Å². The minimum absolute atomic E-state index is 0.0128. The van der Waals surface area contributed by atoms with Crippen LogP contribution in [0.3, 0.4) is 0 Å². The molecule has 0 aromatic heterocycles. The van der Waals surface area contributed by atoms with Gasteiger partial charge in [-0.05, 0) is 26.2 Å². The van der Waals surface area contributed by atoms with Gasteiger partial charge in [0.15, 0.2) is 0 Å². The first-order chi connectivity index (χ1) is 7.29. The Morgan fingerprint density at radius 2 is 2.13 bits per heavy atom. The van der Waals surface area contributed by atoms with Gasteiger partial charge in [0.05, 0.1) is 12.7 Å². The van der Waals surface area contributed by atoms with Crippen LogP contribution in [0.15, 0.2) is 24.3 Å². The number of epoxide rings is 1. The Hall–Kier alpha value is -0.640. The van der Waals surface area contributed by atoms with Gasteiger partial charge in [0.2, 0.25) is 0 Å². The number of hydrogen-bond donors (Lipinski definition) is 2. The van der Waals surface area contributed by atoms with E-state index in [4.69, 9.17) is 9.84 Å². The molecule has 0 radical (unpaired) electrons. The van der Waals surface area contributed by atoms with E-state index >= 15 is 0 Å². The molecule has 1 saturated heterocycles. The second-order valence-corrected chi connectivity index (χ2v) is 3.74. The van der Waals surface area contributed by atoms with E-state index in [0.717, 1.165) is 12.8 Å². The minimum Gasteiger partial charge on any atom is -0.394 e. The van der Waals surface area contributed by atoms with Crippen molar-refractivity contribution in [2.24, 2.45) is 0 Å². The average molecular weight is 212 g/mol. The van der Waals surface area contributed by atoms with E-state index in [1.807, 2.05) is 13.0 Å². The van der Waals surface area contributed by atoms with E-state index in [-0.39, 0.29) is 18.8 Å². The third-order valence-electron chi connectivity index (χ3n) is 2.48. The fourth-order valence-electron chi connectivity index (χ4n) is 1.50. The molecular weight excluding hydrogens is 192 g/mol. The van der Waals surface area contributed by atoms with Crippen molar-refractivity contribution in [3.63, 3.8) is 0 Å². The van der Waals surface area contributed by atoms with Gasteiger partial charge < -0.3 is 14.9 Å². The maximum Gasteiger partial charge on any atom is 0.112 e. The fraction of sp³-hybridized carbons (Fsp3) is 0.667. The van der Waals surface area contributed by atoms with Crippen LogP contribution in [0, 0.1) is 0 Å². The smallest absolute Gasteiger partial charge is 0.112 e. The first-order valence-corrected chi connectivity index (χ1v) is 5.50. The van der Waals surface area contributed by atoms with Crippen molar-refractivity contribution < 1.29 is 14.9 Å². The molecule has 0 aromatic carbocycles. The fourth-order valence-corrected chi connectivity index (χ4v) is 1.50. The van der Waals surface area contributed by atoms with Crippen molar-refractivity contribution >= 4 is 0 Å². The SMILES string of the molecule is C/C=C/C/C=C/CC[C@H](O)[C@H]1O[C@H]1CO. The highest BCUT2D eigenvalue weighted by molar-refractivity contribution is 4.94. The van der Waals surface area contributed by atoms with Gasteiger partial charge >= 0.3 is 0 Å². The molecular formula is C12H20O3. The highest BCUT2D eigenvalue weighted by Crippen LogP contribution is 2.26. The molecule has 86 valence electrons. The summed E-state index contributed by atoms with van der Waals surface area (Å²) in [6, 6.07) is 0. The molecule has 1 rings (SSSR count). The number of aliphatic hydroxyl groups is 2. The van der Waals surface area contributed by atoms with Crippen molar-refractivity contribution in [3.8, 4) is 0 Å². The molecule has 0 aliphatic carbocycles. The first kappa shape index (κ1) is 12.4. The third kappa shape index (κ3) is 4.60. The Bertz CT molecular complexity index is 223. The lowest BCUT2D eigenvalue weighted by Crippen LogP contribution is -2.17. The van der Waals surface area contributed by atoms with Gasteiger partial charge in [-0.1, -0.05) is 24.3 Å². The average Bonchev–Trinajstić information content (AvgIpc) is 3.02. The van der Waals surface area contributed by atoms with Crippen molar-refractivity contribution in [3.05, 3.63) is 24.3 Å². The monoisotopic (exact) mass is 212 g/mol. The normalized spacial score (nSPS) is 27.7. The summed E-state index contributed by atoms with van der Waals surface area (Å²) in [6.07, 6.45) is 10.1. The summed E-state index contributed by atoms with van der Waals surface area (Å²) < 4.78 is 5.09. The van der Waals surface area contributed by atoms with Crippen molar-refractivity contribution in [2.45, 2.75) is 44.5 Å². The molecule has 0 amide bonds. The molecule has 0 unspecified atom stereocenters. The molecule has 1 aliphatic heterocycles. The predicted molar refractivity (Wildman–Crippen MR) is 59.6 cm³/mol. The lowest BCUT2D eigenvalue weighted by molar-refractivity contribution is 0.127. The molecule has 0 bridgehead atoms. The van der Waals surface area contributed by atoms with Crippen LogP contribution in [0.5, 0.6) is 0 Å². The lowest BCUT2D eigenvalue weighted by atomic mass is 10.1. The van der Waals surface area contributed by atoms with Gasteiger partial charge in [0.25, 0.3) is 0 Å². The number of rotatable bonds is 7. The van der Waals surface area contributed by atoms with Gasteiger partial charge in [-0.25, -0.2) is 0 Å². The molecule has 0 aromatic rings. The minimum atomic E-state index is -0.437. The van der Waals surface area contributed by atoms with Crippen LogP contribution in [0.1, 0.15) is 26.2 Å². The zero-order valence-corrected chi connectivity index (χ0v) is 9.17. The van der Waals surface area contributed by atoms with E-state index in [1.54, 1.807) is 0 Å². The van der Waals surface area contributed by atoms with Crippen LogP contribution in [0.2, 0.25) is 0 Å². The number of hydrogen-bond acceptors (Lipinski definition) is 3. The molecule has 1 heterocycles. The molecule has 0 saturated carbocycles. The first-order valence-electron chi connectivity index (χ1n) is 5.50. The van der Waals surface area contributed by atoms with E-state index in [9.17, 15) is 5.11 Å². The summed E-state index contributed by atoms with van der Waals surface area (Å²) in [5.41, 5.74) is 0. The Balaban J connectivity index is 2.02. The van der Waals surface area contributed by atoms with Crippen LogP contribution >= 0.6 is 0 Å². The second-order valence-electron chi connectivity index (χ2n) is 3.74. The van der Waals surface area contributed by atoms with Crippen molar-refractivity contribution in [1.82, 2.24) is 0 Å². The van der Waals surface area contributed by atoms with Gasteiger partial charge in [-0.15, -0.1) is 0 Å². The predicted octanol–water partition coefficient (Wildman–Crippen LogP) is 1.41. The van der Waals surface area contributed by atoms with E-state index < -0.39 is 6.10 Å². The molecule has 1 aliphatic rings. The van der Waals surface area contributed by atoms with Crippen LogP contribution in [0.4, 0.5) is 0 Å². The summed E-state index contributed by atoms with van der Waals surface area (Å²) >= 11 is 0. The van der Waals surface area contributed by atoms with Crippen LogP contribution in [-0.4, -0.2) is 35.1 Å². The highest BCUT2D eigenvalue weighted by Gasteiger charge is 2.43. The Morgan fingerprint density at radius 3 is 2.73 bits per heavy atom. The molecule has 3 heteroatoms. The largest absolute Gasteiger partial charge is 0.394 e.